The molecule has 0 saturated carbocycles. The van der Waals surface area contributed by atoms with E-state index in [1.54, 1.807) is 0 Å². The molecule has 0 aromatic carbocycles. The van der Waals surface area contributed by atoms with Crippen molar-refractivity contribution < 1.29 is 34.4 Å². The highest BCUT2D eigenvalue weighted by molar-refractivity contribution is 5.71. The van der Waals surface area contributed by atoms with Crippen LogP contribution in [0.15, 0.2) is 0 Å². The Morgan fingerprint density at radius 1 is 0.688 bits per heavy atom. The molecule has 0 radical (unpaired) electrons. The molecule has 0 amide bonds. The van der Waals surface area contributed by atoms with Crippen molar-refractivity contribution in [1.29, 1.82) is 0 Å². The van der Waals surface area contributed by atoms with Gasteiger partial charge in [-0.3, -0.25) is 9.59 Å². The van der Waals surface area contributed by atoms with Crippen molar-refractivity contribution in [2.24, 2.45) is 0 Å². The Kier molecular flexibility index (Phi) is 20.9. The standard InChI is InChI=1S/C25H48O7/c1-3-4-5-6-7-8-9-10-11-12-13-15-22(29)16-14-17-23(31-21(2)28)18-25(30)32-24(19-26)20-27/h22-24,26-27,29H,3-20H2,1-2H3/t22-,23-/m1/s1. The molecule has 0 heterocycles. The number of esters is 2. The minimum atomic E-state index is -0.965. The average molecular weight is 461 g/mol. The van der Waals surface area contributed by atoms with Crippen LogP contribution in [0.4, 0.5) is 0 Å². The number of unbranched alkanes of at least 4 members (excludes halogenated alkanes) is 10. The van der Waals surface area contributed by atoms with Gasteiger partial charge >= 0.3 is 11.9 Å². The Labute approximate surface area is 194 Å². The number of carbonyl (C=O) groups excluding carboxylic acids is 2. The van der Waals surface area contributed by atoms with E-state index in [4.69, 9.17) is 19.7 Å². The highest BCUT2D eigenvalue weighted by Gasteiger charge is 2.21. The first-order chi connectivity index (χ1) is 15.4. The molecule has 0 saturated heterocycles. The molecular weight excluding hydrogens is 412 g/mol. The summed E-state index contributed by atoms with van der Waals surface area (Å²) in [6.07, 6.45) is 14.4. The van der Waals surface area contributed by atoms with Crippen LogP contribution < -0.4 is 0 Å². The fourth-order valence-corrected chi connectivity index (χ4v) is 3.76. The molecule has 0 bridgehead atoms. The minimum absolute atomic E-state index is 0.134. The summed E-state index contributed by atoms with van der Waals surface area (Å²) in [5, 5.41) is 28.2. The van der Waals surface area contributed by atoms with Gasteiger partial charge in [-0.05, 0) is 25.7 Å². The second-order valence-corrected chi connectivity index (χ2v) is 8.82. The first-order valence-electron chi connectivity index (χ1n) is 12.7. The number of rotatable bonds is 22. The van der Waals surface area contributed by atoms with Crippen LogP contribution in [0.1, 0.15) is 117 Å². The summed E-state index contributed by atoms with van der Waals surface area (Å²) in [6.45, 7) is 2.59. The number of aliphatic hydroxyl groups is 3. The Hall–Kier alpha value is -1.18. The van der Waals surface area contributed by atoms with Gasteiger partial charge in [0, 0.05) is 6.92 Å². The zero-order valence-corrected chi connectivity index (χ0v) is 20.4. The molecule has 0 unspecified atom stereocenters. The van der Waals surface area contributed by atoms with Crippen LogP contribution in [0.5, 0.6) is 0 Å². The van der Waals surface area contributed by atoms with Crippen LogP contribution in [-0.4, -0.2) is 58.8 Å². The lowest BCUT2D eigenvalue weighted by Gasteiger charge is -2.19. The van der Waals surface area contributed by atoms with E-state index in [2.05, 4.69) is 6.92 Å². The van der Waals surface area contributed by atoms with Crippen molar-refractivity contribution in [3.8, 4) is 0 Å². The van der Waals surface area contributed by atoms with E-state index in [1.807, 2.05) is 0 Å². The minimum Gasteiger partial charge on any atom is -0.462 e. The third kappa shape index (κ3) is 19.5. The highest BCUT2D eigenvalue weighted by Crippen LogP contribution is 2.16. The lowest BCUT2D eigenvalue weighted by molar-refractivity contribution is -0.160. The van der Waals surface area contributed by atoms with E-state index < -0.39 is 37.4 Å². The van der Waals surface area contributed by atoms with Crippen LogP contribution in [0.25, 0.3) is 0 Å². The van der Waals surface area contributed by atoms with Crippen molar-refractivity contribution >= 4 is 11.9 Å². The Bertz CT molecular complexity index is 452. The second-order valence-electron chi connectivity index (χ2n) is 8.82. The largest absolute Gasteiger partial charge is 0.462 e. The van der Waals surface area contributed by atoms with Gasteiger partial charge in [-0.15, -0.1) is 0 Å². The molecular formula is C25H48O7. The molecule has 0 rings (SSSR count). The fourth-order valence-electron chi connectivity index (χ4n) is 3.76. The number of hydrogen-bond acceptors (Lipinski definition) is 7. The van der Waals surface area contributed by atoms with Crippen LogP contribution in [0, 0.1) is 0 Å². The molecule has 3 N–H and O–H groups in total. The summed E-state index contributed by atoms with van der Waals surface area (Å²) in [5.41, 5.74) is 0. The maximum absolute atomic E-state index is 11.9. The SMILES string of the molecule is CCCCCCCCCCCCC[C@@H](O)CCC[C@H](CC(=O)OC(CO)CO)OC(C)=O. The van der Waals surface area contributed by atoms with Crippen molar-refractivity contribution in [3.63, 3.8) is 0 Å². The lowest BCUT2D eigenvalue weighted by atomic mass is 10.0. The van der Waals surface area contributed by atoms with Gasteiger partial charge in [-0.1, -0.05) is 77.6 Å². The van der Waals surface area contributed by atoms with Gasteiger partial charge in [0.05, 0.1) is 25.7 Å². The topological polar surface area (TPSA) is 113 Å². The van der Waals surface area contributed by atoms with E-state index in [1.165, 1.54) is 64.7 Å². The first kappa shape index (κ1) is 30.8. The molecule has 190 valence electrons. The zero-order chi connectivity index (χ0) is 24.0. The molecule has 0 aliphatic heterocycles. The lowest BCUT2D eigenvalue weighted by Crippen LogP contribution is -2.29. The van der Waals surface area contributed by atoms with Gasteiger partial charge in [0.25, 0.3) is 0 Å². The summed E-state index contributed by atoms with van der Waals surface area (Å²) in [6, 6.07) is 0. The molecule has 0 aliphatic rings. The number of carbonyl (C=O) groups is 2. The van der Waals surface area contributed by atoms with Crippen molar-refractivity contribution in [1.82, 2.24) is 0 Å². The quantitative estimate of drug-likeness (QED) is 0.162. The molecule has 2 atom stereocenters. The van der Waals surface area contributed by atoms with Crippen LogP contribution >= 0.6 is 0 Å². The predicted octanol–water partition coefficient (Wildman–Crippen LogP) is 4.44. The van der Waals surface area contributed by atoms with Crippen molar-refractivity contribution in [3.05, 3.63) is 0 Å². The molecule has 0 aromatic rings. The van der Waals surface area contributed by atoms with Gasteiger partial charge in [-0.2, -0.15) is 0 Å². The maximum atomic E-state index is 11.9. The number of ether oxygens (including phenoxy) is 2. The van der Waals surface area contributed by atoms with Crippen molar-refractivity contribution in [2.45, 2.75) is 135 Å². The van der Waals surface area contributed by atoms with E-state index >= 15 is 0 Å². The van der Waals surface area contributed by atoms with E-state index in [-0.39, 0.29) is 12.5 Å². The number of aliphatic hydroxyl groups excluding tert-OH is 3. The third-order valence-corrected chi connectivity index (χ3v) is 5.64. The van der Waals surface area contributed by atoms with E-state index in [9.17, 15) is 14.7 Å². The van der Waals surface area contributed by atoms with E-state index in [0.29, 0.717) is 19.3 Å². The average Bonchev–Trinajstić information content (AvgIpc) is 2.75. The van der Waals surface area contributed by atoms with E-state index in [0.717, 1.165) is 19.3 Å². The maximum Gasteiger partial charge on any atom is 0.309 e. The summed E-state index contributed by atoms with van der Waals surface area (Å²) in [4.78, 5) is 23.2. The van der Waals surface area contributed by atoms with Gasteiger partial charge < -0.3 is 24.8 Å². The van der Waals surface area contributed by atoms with Gasteiger partial charge in [0.15, 0.2) is 0 Å². The predicted molar refractivity (Wildman–Crippen MR) is 125 cm³/mol. The summed E-state index contributed by atoms with van der Waals surface area (Å²) in [5.74, 6) is -1.11. The second kappa shape index (κ2) is 21.7. The smallest absolute Gasteiger partial charge is 0.309 e. The molecule has 0 spiro atoms. The number of hydrogen-bond donors (Lipinski definition) is 3. The van der Waals surface area contributed by atoms with Crippen LogP contribution in [0.3, 0.4) is 0 Å². The van der Waals surface area contributed by atoms with Gasteiger partial charge in [0.1, 0.15) is 12.2 Å². The van der Waals surface area contributed by atoms with Gasteiger partial charge in [0.2, 0.25) is 0 Å². The zero-order valence-electron chi connectivity index (χ0n) is 20.4. The summed E-state index contributed by atoms with van der Waals surface area (Å²) < 4.78 is 10.1. The Morgan fingerprint density at radius 2 is 1.19 bits per heavy atom. The van der Waals surface area contributed by atoms with Crippen molar-refractivity contribution in [2.75, 3.05) is 13.2 Å². The highest BCUT2D eigenvalue weighted by atomic mass is 16.6. The third-order valence-electron chi connectivity index (χ3n) is 5.64. The Morgan fingerprint density at radius 3 is 1.69 bits per heavy atom. The molecule has 0 aliphatic carbocycles. The molecule has 7 nitrogen and oxygen atoms in total. The molecule has 0 aromatic heterocycles. The normalized spacial score (nSPS) is 13.2. The Balaban J connectivity index is 3.86. The summed E-state index contributed by atoms with van der Waals surface area (Å²) in [7, 11) is 0. The monoisotopic (exact) mass is 460 g/mol. The molecule has 7 heteroatoms. The molecule has 0 fully saturated rings. The van der Waals surface area contributed by atoms with Crippen LogP contribution in [-0.2, 0) is 19.1 Å². The fraction of sp³-hybridized carbons (Fsp3) is 0.920. The van der Waals surface area contributed by atoms with Gasteiger partial charge in [-0.25, -0.2) is 0 Å². The van der Waals surface area contributed by atoms with Crippen LogP contribution in [0.2, 0.25) is 0 Å². The first-order valence-corrected chi connectivity index (χ1v) is 12.7. The molecule has 32 heavy (non-hydrogen) atoms. The summed E-state index contributed by atoms with van der Waals surface area (Å²) >= 11 is 0.